The molecule has 148 valence electrons. The number of pyridine rings is 1. The summed E-state index contributed by atoms with van der Waals surface area (Å²) in [5.41, 5.74) is 2.00. The smallest absolute Gasteiger partial charge is 0.318 e. The Labute approximate surface area is 165 Å². The number of rotatable bonds is 5. The number of hydrogen-bond acceptors (Lipinski definition) is 5. The highest BCUT2D eigenvalue weighted by atomic mass is 16.7. The zero-order valence-electron chi connectivity index (χ0n) is 16.1. The molecule has 1 atom stereocenters. The highest BCUT2D eigenvalue weighted by Crippen LogP contribution is 2.33. The highest BCUT2D eigenvalue weighted by molar-refractivity contribution is 5.74. The van der Waals surface area contributed by atoms with Crippen LogP contribution in [0, 0.1) is 0 Å². The summed E-state index contributed by atoms with van der Waals surface area (Å²) >= 11 is 0. The molecule has 1 aromatic heterocycles. The number of fused-ring (bicyclic) bond motifs is 1. The van der Waals surface area contributed by atoms with E-state index in [1.807, 2.05) is 35.2 Å². The predicted octanol–water partition coefficient (Wildman–Crippen LogP) is 2.62. The summed E-state index contributed by atoms with van der Waals surface area (Å²) in [6.07, 6.45) is 5.66. The Kier molecular flexibility index (Phi) is 5.62. The van der Waals surface area contributed by atoms with Crippen LogP contribution in [-0.4, -0.2) is 53.8 Å². The number of carbonyl (C=O) groups excluding carboxylic acids is 1. The Morgan fingerprint density at radius 2 is 2.11 bits per heavy atom. The molecule has 1 N–H and O–H groups in total. The molecule has 2 aliphatic rings. The third-order valence-electron chi connectivity index (χ3n) is 5.15. The Morgan fingerprint density at radius 1 is 1.25 bits per heavy atom. The molecule has 7 nitrogen and oxygen atoms in total. The number of ether oxygens (including phenoxy) is 2. The topological polar surface area (TPSA) is 66.9 Å². The SMILES string of the molecule is CN1CCCC(NC(=O)N(Cc2cccnc2)Cc2ccc3c(c2)OCO3)C1. The number of nitrogens with zero attached hydrogens (tertiary/aromatic N) is 3. The first kappa shape index (κ1) is 18.6. The number of likely N-dealkylation sites (N-methyl/N-ethyl adjacent to an activating group) is 1. The first-order valence-electron chi connectivity index (χ1n) is 9.69. The number of hydrogen-bond donors (Lipinski definition) is 1. The van der Waals surface area contributed by atoms with Crippen molar-refractivity contribution in [2.45, 2.75) is 32.0 Å². The number of urea groups is 1. The van der Waals surface area contributed by atoms with Crippen LogP contribution in [0.2, 0.25) is 0 Å². The minimum atomic E-state index is -0.0539. The standard InChI is InChI=1S/C21H26N4O3/c1-24-9-3-5-18(14-24)23-21(26)25(13-17-4-2-8-22-11-17)12-16-6-7-19-20(10-16)28-15-27-19/h2,4,6-8,10-11,18H,3,5,9,12-15H2,1H3,(H,23,26). The molecule has 28 heavy (non-hydrogen) atoms. The van der Waals surface area contributed by atoms with Gasteiger partial charge in [0.1, 0.15) is 0 Å². The van der Waals surface area contributed by atoms with E-state index in [1.165, 1.54) is 0 Å². The highest BCUT2D eigenvalue weighted by Gasteiger charge is 2.23. The fourth-order valence-electron chi connectivity index (χ4n) is 3.72. The lowest BCUT2D eigenvalue weighted by Gasteiger charge is -2.32. The van der Waals surface area contributed by atoms with Gasteiger partial charge in [-0.1, -0.05) is 12.1 Å². The normalized spacial score (nSPS) is 18.7. The number of likely N-dealkylation sites (tertiary alicyclic amines) is 1. The van der Waals surface area contributed by atoms with Crippen LogP contribution >= 0.6 is 0 Å². The summed E-state index contributed by atoms with van der Waals surface area (Å²) in [5, 5.41) is 3.21. The van der Waals surface area contributed by atoms with Crippen molar-refractivity contribution in [1.82, 2.24) is 20.1 Å². The van der Waals surface area contributed by atoms with E-state index in [4.69, 9.17) is 9.47 Å². The Bertz CT molecular complexity index is 815. The van der Waals surface area contributed by atoms with E-state index in [0.717, 1.165) is 48.6 Å². The van der Waals surface area contributed by atoms with Crippen molar-refractivity contribution in [2.75, 3.05) is 26.9 Å². The van der Waals surface area contributed by atoms with Gasteiger partial charge in [0.05, 0.1) is 0 Å². The zero-order chi connectivity index (χ0) is 19.3. The van der Waals surface area contributed by atoms with Crippen LogP contribution in [0.5, 0.6) is 11.5 Å². The van der Waals surface area contributed by atoms with Gasteiger partial charge in [-0.25, -0.2) is 4.79 Å². The van der Waals surface area contributed by atoms with Gasteiger partial charge >= 0.3 is 6.03 Å². The second kappa shape index (κ2) is 8.48. The van der Waals surface area contributed by atoms with Gasteiger partial charge < -0.3 is 24.6 Å². The van der Waals surface area contributed by atoms with E-state index in [1.54, 1.807) is 12.4 Å². The van der Waals surface area contributed by atoms with Gasteiger partial charge in [0.2, 0.25) is 6.79 Å². The number of aromatic nitrogens is 1. The molecule has 1 aromatic carbocycles. The second-order valence-corrected chi connectivity index (χ2v) is 7.46. The summed E-state index contributed by atoms with van der Waals surface area (Å²) in [7, 11) is 2.10. The van der Waals surface area contributed by atoms with Gasteiger partial charge in [0.15, 0.2) is 11.5 Å². The van der Waals surface area contributed by atoms with Crippen molar-refractivity contribution in [1.29, 1.82) is 0 Å². The van der Waals surface area contributed by atoms with E-state index < -0.39 is 0 Å². The van der Waals surface area contributed by atoms with Gasteiger partial charge in [0, 0.05) is 38.1 Å². The van der Waals surface area contributed by atoms with Crippen LogP contribution in [0.4, 0.5) is 4.79 Å². The Balaban J connectivity index is 1.48. The minimum absolute atomic E-state index is 0.0539. The summed E-state index contributed by atoms with van der Waals surface area (Å²) in [5.74, 6) is 1.48. The van der Waals surface area contributed by atoms with Crippen LogP contribution in [0.1, 0.15) is 24.0 Å². The summed E-state index contributed by atoms with van der Waals surface area (Å²) in [6.45, 7) is 3.20. The fraction of sp³-hybridized carbons (Fsp3) is 0.429. The van der Waals surface area contributed by atoms with Crippen molar-refractivity contribution >= 4 is 6.03 Å². The predicted molar refractivity (Wildman–Crippen MR) is 105 cm³/mol. The molecule has 1 unspecified atom stereocenters. The molecule has 2 aliphatic heterocycles. The van der Waals surface area contributed by atoms with E-state index in [2.05, 4.69) is 22.2 Å². The molecule has 0 saturated carbocycles. The maximum absolute atomic E-state index is 13.1. The van der Waals surface area contributed by atoms with Crippen LogP contribution in [-0.2, 0) is 13.1 Å². The second-order valence-electron chi connectivity index (χ2n) is 7.46. The first-order valence-corrected chi connectivity index (χ1v) is 9.69. The molecule has 4 rings (SSSR count). The number of carbonyl (C=O) groups is 1. The van der Waals surface area contributed by atoms with E-state index in [0.29, 0.717) is 13.1 Å². The van der Waals surface area contributed by atoms with Crippen LogP contribution in [0.25, 0.3) is 0 Å². The molecule has 0 bridgehead atoms. The van der Waals surface area contributed by atoms with Crippen LogP contribution in [0.15, 0.2) is 42.7 Å². The Hall–Kier alpha value is -2.80. The van der Waals surface area contributed by atoms with E-state index >= 15 is 0 Å². The average Bonchev–Trinajstić information content (AvgIpc) is 3.16. The van der Waals surface area contributed by atoms with Gasteiger partial charge in [-0.2, -0.15) is 0 Å². The van der Waals surface area contributed by atoms with Crippen molar-refractivity contribution in [2.24, 2.45) is 0 Å². The molecule has 0 spiro atoms. The van der Waals surface area contributed by atoms with Crippen LogP contribution < -0.4 is 14.8 Å². The minimum Gasteiger partial charge on any atom is -0.454 e. The van der Waals surface area contributed by atoms with E-state index in [9.17, 15) is 4.79 Å². The van der Waals surface area contributed by atoms with Gasteiger partial charge in [-0.15, -0.1) is 0 Å². The van der Waals surface area contributed by atoms with Crippen molar-refractivity contribution in [3.63, 3.8) is 0 Å². The first-order chi connectivity index (χ1) is 13.7. The summed E-state index contributed by atoms with van der Waals surface area (Å²) < 4.78 is 10.9. The molecule has 2 aromatic rings. The monoisotopic (exact) mass is 382 g/mol. The molecule has 0 aliphatic carbocycles. The number of piperidine rings is 1. The molecule has 1 saturated heterocycles. The lowest BCUT2D eigenvalue weighted by atomic mass is 10.1. The lowest BCUT2D eigenvalue weighted by Crippen LogP contribution is -2.50. The largest absolute Gasteiger partial charge is 0.454 e. The van der Waals surface area contributed by atoms with Gasteiger partial charge in [-0.05, 0) is 55.8 Å². The maximum Gasteiger partial charge on any atom is 0.318 e. The molecular formula is C21H26N4O3. The summed E-state index contributed by atoms with van der Waals surface area (Å²) in [6, 6.07) is 9.82. The molecule has 3 heterocycles. The van der Waals surface area contributed by atoms with Gasteiger partial charge in [-0.3, -0.25) is 4.98 Å². The third kappa shape index (κ3) is 4.54. The number of benzene rings is 1. The van der Waals surface area contributed by atoms with Crippen molar-refractivity contribution in [3.8, 4) is 11.5 Å². The third-order valence-corrected chi connectivity index (χ3v) is 5.15. The molecule has 0 radical (unpaired) electrons. The van der Waals surface area contributed by atoms with E-state index in [-0.39, 0.29) is 18.9 Å². The van der Waals surface area contributed by atoms with Gasteiger partial charge in [0.25, 0.3) is 0 Å². The van der Waals surface area contributed by atoms with Crippen molar-refractivity contribution in [3.05, 3.63) is 53.9 Å². The maximum atomic E-state index is 13.1. The fourth-order valence-corrected chi connectivity index (χ4v) is 3.72. The van der Waals surface area contributed by atoms with Crippen molar-refractivity contribution < 1.29 is 14.3 Å². The quantitative estimate of drug-likeness (QED) is 0.861. The number of amides is 2. The lowest BCUT2D eigenvalue weighted by molar-refractivity contribution is 0.172. The molecule has 7 heteroatoms. The summed E-state index contributed by atoms with van der Waals surface area (Å²) in [4.78, 5) is 21.3. The zero-order valence-corrected chi connectivity index (χ0v) is 16.1. The molecule has 2 amide bonds. The Morgan fingerprint density at radius 3 is 2.93 bits per heavy atom. The molecular weight excluding hydrogens is 356 g/mol. The number of nitrogens with one attached hydrogen (secondary N) is 1. The molecule has 1 fully saturated rings. The average molecular weight is 382 g/mol. The van der Waals surface area contributed by atoms with Crippen LogP contribution in [0.3, 0.4) is 0 Å².